The molecule has 0 unspecified atom stereocenters. The summed E-state index contributed by atoms with van der Waals surface area (Å²) in [6.45, 7) is 0. The van der Waals surface area contributed by atoms with E-state index in [1.54, 1.807) is 0 Å². The quantitative estimate of drug-likeness (QED) is 0.411. The van der Waals surface area contributed by atoms with Gasteiger partial charge in [0.15, 0.2) is 12.4 Å². The Labute approximate surface area is 122 Å². The molecule has 0 aliphatic rings. The van der Waals surface area contributed by atoms with Crippen LogP contribution in [0.2, 0.25) is 0 Å². The van der Waals surface area contributed by atoms with E-state index in [9.17, 15) is 5.11 Å². The minimum absolute atomic E-state index is 0.349. The van der Waals surface area contributed by atoms with Crippen LogP contribution in [0.25, 0.3) is 27.2 Å². The van der Waals surface area contributed by atoms with Crippen LogP contribution >= 0.6 is 0 Å². The molecule has 4 rings (SSSR count). The molecule has 1 heterocycles. The number of hydrogen-bond donors (Lipinski definition) is 1. The molecule has 0 radical (unpaired) electrons. The average Bonchev–Trinajstić information content (AvgIpc) is 2.56. The Morgan fingerprint density at radius 2 is 1.05 bits per heavy atom. The number of hydrogen-bond acceptors (Lipinski definition) is 1. The number of fused-ring (bicyclic) bond motifs is 2. The first-order valence-electron chi connectivity index (χ1n) is 6.95. The van der Waals surface area contributed by atoms with Crippen molar-refractivity contribution in [1.29, 1.82) is 0 Å². The summed E-state index contributed by atoms with van der Waals surface area (Å²) in [5.74, 6) is 0.349. The van der Waals surface area contributed by atoms with Gasteiger partial charge in [-0.05, 0) is 12.1 Å². The van der Waals surface area contributed by atoms with Crippen LogP contribution in [0.1, 0.15) is 0 Å². The summed E-state index contributed by atoms with van der Waals surface area (Å²) < 4.78 is 2.10. The zero-order chi connectivity index (χ0) is 14.2. The van der Waals surface area contributed by atoms with Crippen molar-refractivity contribution >= 4 is 21.5 Å². The summed E-state index contributed by atoms with van der Waals surface area (Å²) in [5.41, 5.74) is 1.10. The highest BCUT2D eigenvalue weighted by molar-refractivity contribution is 6.10. The molecule has 0 fully saturated rings. The summed E-state index contributed by atoms with van der Waals surface area (Å²) in [5, 5.41) is 14.4. The molecule has 1 N–H and O–H groups in total. The predicted molar refractivity (Wildman–Crippen MR) is 84.7 cm³/mol. The van der Waals surface area contributed by atoms with E-state index in [1.165, 1.54) is 0 Å². The van der Waals surface area contributed by atoms with Crippen LogP contribution < -0.4 is 4.57 Å². The van der Waals surface area contributed by atoms with Gasteiger partial charge in [-0.1, -0.05) is 42.5 Å². The average molecular weight is 272 g/mol. The van der Waals surface area contributed by atoms with Crippen LogP contribution in [0.15, 0.2) is 79.1 Å². The molecule has 21 heavy (non-hydrogen) atoms. The van der Waals surface area contributed by atoms with E-state index < -0.39 is 0 Å². The number of nitrogens with zero attached hydrogens (tertiary/aromatic N) is 1. The number of benzene rings is 3. The van der Waals surface area contributed by atoms with Crippen LogP contribution in [0.3, 0.4) is 0 Å². The highest BCUT2D eigenvalue weighted by Gasteiger charge is 2.19. The van der Waals surface area contributed by atoms with Gasteiger partial charge in [0.1, 0.15) is 5.75 Å². The standard InChI is InChI=1S/C19H13NO/c21-19-16-10-4-2-8-14(16)18(20-12-6-1-7-13-20)15-9-3-5-11-17(15)19/h1-13H/p+1. The molecular weight excluding hydrogens is 258 g/mol. The van der Waals surface area contributed by atoms with Crippen LogP contribution in [-0.2, 0) is 0 Å². The fourth-order valence-electron chi connectivity index (χ4n) is 2.91. The van der Waals surface area contributed by atoms with Gasteiger partial charge in [-0.3, -0.25) is 0 Å². The third-order valence-corrected chi connectivity index (χ3v) is 3.85. The van der Waals surface area contributed by atoms with Gasteiger partial charge in [-0.2, -0.15) is 4.57 Å². The molecule has 0 aliphatic heterocycles. The molecule has 0 atom stereocenters. The Bertz CT molecular complexity index is 888. The Kier molecular flexibility index (Phi) is 2.61. The fourth-order valence-corrected chi connectivity index (χ4v) is 2.91. The third-order valence-electron chi connectivity index (χ3n) is 3.85. The first kappa shape index (κ1) is 11.9. The maximum Gasteiger partial charge on any atom is 0.226 e. The van der Waals surface area contributed by atoms with E-state index >= 15 is 0 Å². The maximum atomic E-state index is 10.6. The smallest absolute Gasteiger partial charge is 0.226 e. The molecule has 2 heteroatoms. The van der Waals surface area contributed by atoms with Crippen molar-refractivity contribution in [3.63, 3.8) is 0 Å². The first-order valence-corrected chi connectivity index (χ1v) is 6.95. The van der Waals surface area contributed by atoms with Crippen LogP contribution in [0, 0.1) is 0 Å². The summed E-state index contributed by atoms with van der Waals surface area (Å²) in [4.78, 5) is 0. The van der Waals surface area contributed by atoms with Crippen LogP contribution in [0.5, 0.6) is 5.75 Å². The number of pyridine rings is 1. The van der Waals surface area contributed by atoms with Gasteiger partial charge in [-0.15, -0.1) is 0 Å². The zero-order valence-electron chi connectivity index (χ0n) is 11.4. The minimum atomic E-state index is 0.349. The van der Waals surface area contributed by atoms with E-state index in [1.807, 2.05) is 67.0 Å². The molecule has 0 amide bonds. The normalized spacial score (nSPS) is 11.0. The summed E-state index contributed by atoms with van der Waals surface area (Å²) in [6, 6.07) is 22.0. The predicted octanol–water partition coefficient (Wildman–Crippen LogP) is 3.98. The SMILES string of the molecule is Oc1c2ccccc2c(-[n+]2ccccc2)c2ccccc12. The topological polar surface area (TPSA) is 24.1 Å². The molecular formula is C19H14NO+. The lowest BCUT2D eigenvalue weighted by Gasteiger charge is -2.09. The number of aromatic nitrogens is 1. The van der Waals surface area contributed by atoms with Crippen molar-refractivity contribution in [2.45, 2.75) is 0 Å². The molecule has 0 aliphatic carbocycles. The second-order valence-electron chi connectivity index (χ2n) is 5.07. The van der Waals surface area contributed by atoms with Gasteiger partial charge in [-0.25, -0.2) is 0 Å². The van der Waals surface area contributed by atoms with Gasteiger partial charge in [0.25, 0.3) is 0 Å². The second kappa shape index (κ2) is 4.60. The number of phenolic OH excluding ortho intramolecular Hbond substituents is 1. The van der Waals surface area contributed by atoms with Gasteiger partial charge in [0.05, 0.1) is 10.8 Å². The lowest BCUT2D eigenvalue weighted by molar-refractivity contribution is -0.592. The van der Waals surface area contributed by atoms with E-state index in [-0.39, 0.29) is 0 Å². The largest absolute Gasteiger partial charge is 0.507 e. The Morgan fingerprint density at radius 1 is 0.571 bits per heavy atom. The molecule has 0 saturated carbocycles. The molecule has 3 aromatic carbocycles. The molecule has 100 valence electrons. The molecule has 0 spiro atoms. The number of rotatable bonds is 1. The van der Waals surface area contributed by atoms with Gasteiger partial charge in [0, 0.05) is 22.9 Å². The molecule has 1 aromatic heterocycles. The number of phenols is 1. The van der Waals surface area contributed by atoms with Gasteiger partial charge in [0.2, 0.25) is 5.69 Å². The Morgan fingerprint density at radius 3 is 1.57 bits per heavy atom. The lowest BCUT2D eigenvalue weighted by Crippen LogP contribution is -2.29. The summed E-state index contributed by atoms with van der Waals surface area (Å²) in [6.07, 6.45) is 4.07. The van der Waals surface area contributed by atoms with Gasteiger partial charge >= 0.3 is 0 Å². The number of aromatic hydroxyl groups is 1. The van der Waals surface area contributed by atoms with E-state index in [2.05, 4.69) is 16.7 Å². The molecule has 4 aromatic rings. The molecule has 0 bridgehead atoms. The first-order chi connectivity index (χ1) is 10.4. The van der Waals surface area contributed by atoms with Crippen molar-refractivity contribution < 1.29 is 9.67 Å². The van der Waals surface area contributed by atoms with Crippen molar-refractivity contribution in [1.82, 2.24) is 0 Å². The Hall–Kier alpha value is -2.87. The van der Waals surface area contributed by atoms with E-state index in [0.717, 1.165) is 27.2 Å². The lowest BCUT2D eigenvalue weighted by atomic mass is 9.99. The summed E-state index contributed by atoms with van der Waals surface area (Å²) in [7, 11) is 0. The zero-order valence-corrected chi connectivity index (χ0v) is 11.4. The third kappa shape index (κ3) is 1.77. The van der Waals surface area contributed by atoms with Gasteiger partial charge < -0.3 is 5.11 Å². The second-order valence-corrected chi connectivity index (χ2v) is 5.07. The van der Waals surface area contributed by atoms with Crippen molar-refractivity contribution in [2.75, 3.05) is 0 Å². The van der Waals surface area contributed by atoms with Crippen molar-refractivity contribution in [2.24, 2.45) is 0 Å². The fraction of sp³-hybridized carbons (Fsp3) is 0. The molecule has 0 saturated heterocycles. The molecule has 2 nitrogen and oxygen atoms in total. The van der Waals surface area contributed by atoms with Crippen LogP contribution in [0.4, 0.5) is 0 Å². The van der Waals surface area contributed by atoms with E-state index in [4.69, 9.17) is 0 Å². The maximum absolute atomic E-state index is 10.6. The van der Waals surface area contributed by atoms with Crippen molar-refractivity contribution in [3.05, 3.63) is 79.1 Å². The Balaban J connectivity index is 2.28. The van der Waals surface area contributed by atoms with E-state index in [0.29, 0.717) is 5.75 Å². The van der Waals surface area contributed by atoms with Crippen LogP contribution in [-0.4, -0.2) is 5.11 Å². The highest BCUT2D eigenvalue weighted by Crippen LogP contribution is 2.37. The highest BCUT2D eigenvalue weighted by atomic mass is 16.3. The monoisotopic (exact) mass is 272 g/mol. The van der Waals surface area contributed by atoms with Crippen molar-refractivity contribution in [3.8, 4) is 11.4 Å². The summed E-state index contributed by atoms with van der Waals surface area (Å²) >= 11 is 0. The minimum Gasteiger partial charge on any atom is -0.507 e.